The van der Waals surface area contributed by atoms with Gasteiger partial charge in [0, 0.05) is 30.5 Å². The molecular formula is C21H26N4O2. The molecule has 1 aromatic heterocycles. The summed E-state index contributed by atoms with van der Waals surface area (Å²) in [5.41, 5.74) is 16.1. The average molecular weight is 366 g/mol. The minimum atomic E-state index is -0.490. The van der Waals surface area contributed by atoms with Crippen molar-refractivity contribution in [2.45, 2.75) is 32.8 Å². The Hall–Kier alpha value is -3.02. The van der Waals surface area contributed by atoms with Crippen LogP contribution in [0.1, 0.15) is 32.8 Å². The van der Waals surface area contributed by atoms with Gasteiger partial charge in [0.05, 0.1) is 0 Å². The van der Waals surface area contributed by atoms with E-state index >= 15 is 0 Å². The Labute approximate surface area is 159 Å². The maximum Gasteiger partial charge on any atom is 0.410 e. The number of carbonyl (C=O) groups is 1. The zero-order valence-electron chi connectivity index (χ0n) is 16.0. The van der Waals surface area contributed by atoms with Crippen LogP contribution >= 0.6 is 0 Å². The molecule has 0 atom stereocenters. The first kappa shape index (κ1) is 18.8. The van der Waals surface area contributed by atoms with E-state index in [2.05, 4.69) is 4.98 Å². The molecule has 27 heavy (non-hydrogen) atoms. The van der Waals surface area contributed by atoms with Crippen molar-refractivity contribution in [1.82, 2.24) is 9.88 Å². The average Bonchev–Trinajstić information content (AvgIpc) is 2.62. The maximum absolute atomic E-state index is 12.2. The van der Waals surface area contributed by atoms with Crippen molar-refractivity contribution in [2.24, 2.45) is 0 Å². The number of hydrogen-bond donors (Lipinski definition) is 2. The van der Waals surface area contributed by atoms with Gasteiger partial charge in [0.25, 0.3) is 0 Å². The van der Waals surface area contributed by atoms with E-state index in [0.29, 0.717) is 24.6 Å². The molecule has 1 aromatic carbocycles. The Morgan fingerprint density at radius 2 is 1.85 bits per heavy atom. The summed E-state index contributed by atoms with van der Waals surface area (Å²) in [6, 6.07) is 9.61. The van der Waals surface area contributed by atoms with E-state index in [9.17, 15) is 4.79 Å². The quantitative estimate of drug-likeness (QED) is 0.785. The fourth-order valence-corrected chi connectivity index (χ4v) is 2.97. The highest BCUT2D eigenvalue weighted by molar-refractivity contribution is 5.80. The van der Waals surface area contributed by atoms with E-state index in [0.717, 1.165) is 28.7 Å². The number of nitrogens with two attached hydrogens (primary N) is 2. The second kappa shape index (κ2) is 7.31. The third-order valence-electron chi connectivity index (χ3n) is 4.37. The van der Waals surface area contributed by atoms with Crippen molar-refractivity contribution in [1.29, 1.82) is 0 Å². The molecule has 2 heterocycles. The molecule has 0 fully saturated rings. The zero-order chi connectivity index (χ0) is 19.6. The van der Waals surface area contributed by atoms with Crippen molar-refractivity contribution in [3.63, 3.8) is 0 Å². The van der Waals surface area contributed by atoms with E-state index in [1.165, 1.54) is 0 Å². The Balaban J connectivity index is 1.79. The number of carbonyl (C=O) groups excluding carboxylic acids is 1. The highest BCUT2D eigenvalue weighted by Crippen LogP contribution is 2.30. The molecule has 142 valence electrons. The topological polar surface area (TPSA) is 94.5 Å². The van der Waals surface area contributed by atoms with E-state index in [4.69, 9.17) is 16.2 Å². The van der Waals surface area contributed by atoms with Gasteiger partial charge in [0.2, 0.25) is 0 Å². The van der Waals surface area contributed by atoms with E-state index in [-0.39, 0.29) is 6.09 Å². The summed E-state index contributed by atoms with van der Waals surface area (Å²) in [5.74, 6) is 0.482. The zero-order valence-corrected chi connectivity index (χ0v) is 16.0. The highest BCUT2D eigenvalue weighted by atomic mass is 16.6. The molecule has 6 nitrogen and oxygen atoms in total. The number of hydrogen-bond acceptors (Lipinski definition) is 5. The van der Waals surface area contributed by atoms with Gasteiger partial charge in [0.1, 0.15) is 11.4 Å². The van der Waals surface area contributed by atoms with Crippen LogP contribution in [0.4, 0.5) is 16.3 Å². The fraction of sp³-hybridized carbons (Fsp3) is 0.333. The number of rotatable bonds is 2. The van der Waals surface area contributed by atoms with Gasteiger partial charge in [-0.25, -0.2) is 9.78 Å². The number of nitrogen functional groups attached to an aromatic ring is 2. The smallest absolute Gasteiger partial charge is 0.410 e. The van der Waals surface area contributed by atoms with Crippen molar-refractivity contribution in [3.05, 3.63) is 48.2 Å². The van der Waals surface area contributed by atoms with Gasteiger partial charge in [-0.15, -0.1) is 0 Å². The first-order valence-electron chi connectivity index (χ1n) is 9.02. The second-order valence-corrected chi connectivity index (χ2v) is 7.68. The predicted octanol–water partition coefficient (Wildman–Crippen LogP) is 3.94. The normalized spacial score (nSPS) is 14.6. The number of ether oxygens (including phenoxy) is 1. The van der Waals surface area contributed by atoms with E-state index < -0.39 is 5.60 Å². The summed E-state index contributed by atoms with van der Waals surface area (Å²) in [6.45, 7) is 6.74. The molecule has 0 bridgehead atoms. The van der Waals surface area contributed by atoms with Crippen LogP contribution in [-0.2, 0) is 4.74 Å². The first-order chi connectivity index (χ1) is 12.7. The molecule has 3 rings (SSSR count). The van der Waals surface area contributed by atoms with Gasteiger partial charge < -0.3 is 21.1 Å². The highest BCUT2D eigenvalue weighted by Gasteiger charge is 2.24. The maximum atomic E-state index is 12.2. The van der Waals surface area contributed by atoms with Gasteiger partial charge >= 0.3 is 6.09 Å². The number of benzene rings is 1. The van der Waals surface area contributed by atoms with E-state index in [1.54, 1.807) is 11.1 Å². The van der Waals surface area contributed by atoms with E-state index in [1.807, 2.05) is 57.2 Å². The van der Waals surface area contributed by atoms with Crippen molar-refractivity contribution in [2.75, 3.05) is 24.6 Å². The summed E-state index contributed by atoms with van der Waals surface area (Å²) >= 11 is 0. The number of nitrogens with zero attached hydrogens (tertiary/aromatic N) is 2. The summed E-state index contributed by atoms with van der Waals surface area (Å²) < 4.78 is 5.44. The molecule has 0 unspecified atom stereocenters. The third-order valence-corrected chi connectivity index (χ3v) is 4.37. The standard InChI is InChI=1S/C21H26N4O2/c1-21(2,3)27-20(26)25-10-8-14(9-11-25)16-12-18(19(23)24-13-16)15-4-6-17(22)7-5-15/h4-8,12-13H,9-11,22H2,1-3H3,(H2,23,24). The van der Waals surface area contributed by atoms with Gasteiger partial charge in [0.15, 0.2) is 0 Å². The molecular weight excluding hydrogens is 340 g/mol. The summed E-state index contributed by atoms with van der Waals surface area (Å²) in [6.07, 6.45) is 4.29. The van der Waals surface area contributed by atoms with Crippen LogP contribution in [-0.4, -0.2) is 34.7 Å². The lowest BCUT2D eigenvalue weighted by Gasteiger charge is -2.29. The fourth-order valence-electron chi connectivity index (χ4n) is 2.97. The third kappa shape index (κ3) is 4.58. The molecule has 0 radical (unpaired) electrons. The molecule has 0 saturated carbocycles. The van der Waals surface area contributed by atoms with Gasteiger partial charge in [-0.2, -0.15) is 0 Å². The van der Waals surface area contributed by atoms with Crippen LogP contribution in [0.3, 0.4) is 0 Å². The van der Waals surface area contributed by atoms with Crippen LogP contribution in [0.15, 0.2) is 42.6 Å². The van der Waals surface area contributed by atoms with Crippen molar-refractivity contribution < 1.29 is 9.53 Å². The molecule has 2 aromatic rings. The Kier molecular flexibility index (Phi) is 5.08. The van der Waals surface area contributed by atoms with Gasteiger partial charge in [-0.3, -0.25) is 0 Å². The summed E-state index contributed by atoms with van der Waals surface area (Å²) in [4.78, 5) is 18.3. The minimum Gasteiger partial charge on any atom is -0.444 e. The number of amides is 1. The predicted molar refractivity (Wildman–Crippen MR) is 109 cm³/mol. The lowest BCUT2D eigenvalue weighted by molar-refractivity contribution is 0.0270. The monoisotopic (exact) mass is 366 g/mol. The molecule has 1 aliphatic heterocycles. The minimum absolute atomic E-state index is 0.282. The van der Waals surface area contributed by atoms with Crippen LogP contribution in [0, 0.1) is 0 Å². The molecule has 0 saturated heterocycles. The van der Waals surface area contributed by atoms with Crippen LogP contribution in [0.5, 0.6) is 0 Å². The molecule has 0 spiro atoms. The van der Waals surface area contributed by atoms with Gasteiger partial charge in [-0.05, 0) is 62.1 Å². The lowest BCUT2D eigenvalue weighted by atomic mass is 9.97. The largest absolute Gasteiger partial charge is 0.444 e. The van der Waals surface area contributed by atoms with Gasteiger partial charge in [-0.1, -0.05) is 18.2 Å². The second-order valence-electron chi connectivity index (χ2n) is 7.68. The molecule has 1 aliphatic rings. The molecule has 6 heteroatoms. The number of aromatic nitrogens is 1. The van der Waals surface area contributed by atoms with Crippen LogP contribution in [0.25, 0.3) is 16.7 Å². The van der Waals surface area contributed by atoms with Crippen molar-refractivity contribution in [3.8, 4) is 11.1 Å². The first-order valence-corrected chi connectivity index (χ1v) is 9.02. The number of anilines is 2. The Bertz CT molecular complexity index is 867. The Morgan fingerprint density at radius 3 is 2.44 bits per heavy atom. The van der Waals surface area contributed by atoms with Crippen LogP contribution < -0.4 is 11.5 Å². The van der Waals surface area contributed by atoms with Crippen LogP contribution in [0.2, 0.25) is 0 Å². The lowest BCUT2D eigenvalue weighted by Crippen LogP contribution is -2.39. The summed E-state index contributed by atoms with van der Waals surface area (Å²) in [7, 11) is 0. The van der Waals surface area contributed by atoms with Crippen molar-refractivity contribution >= 4 is 23.2 Å². The Morgan fingerprint density at radius 1 is 1.15 bits per heavy atom. The molecule has 1 amide bonds. The summed E-state index contributed by atoms with van der Waals surface area (Å²) in [5, 5.41) is 0. The molecule has 0 aliphatic carbocycles. The SMILES string of the molecule is CC(C)(C)OC(=O)N1CC=C(c2cnc(N)c(-c3ccc(N)cc3)c2)CC1. The molecule has 4 N–H and O–H groups in total. The number of pyridine rings is 1.